The van der Waals surface area contributed by atoms with Crippen LogP contribution in [0.4, 0.5) is 5.69 Å². The number of aliphatic hydroxyl groups is 1. The van der Waals surface area contributed by atoms with E-state index >= 15 is 0 Å². The van der Waals surface area contributed by atoms with Gasteiger partial charge >= 0.3 is 11.9 Å². The van der Waals surface area contributed by atoms with Gasteiger partial charge in [-0.3, -0.25) is 10.1 Å². The number of allylic oxidation sites excluding steroid dienone is 1. The first-order chi connectivity index (χ1) is 20.5. The number of fused-ring (bicyclic) bond motifs is 6. The van der Waals surface area contributed by atoms with Gasteiger partial charge in [-0.05, 0) is 91.5 Å². The van der Waals surface area contributed by atoms with E-state index in [9.17, 15) is 29.9 Å². The number of esters is 1. The molecule has 4 aliphatic carbocycles. The molecule has 0 spiro atoms. The van der Waals surface area contributed by atoms with Crippen LogP contribution >= 0.6 is 0 Å². The molecular weight excluding hydrogens is 554 g/mol. The SMILES string of the molecule is C[C@]12Cc3cnn(-c4cccc([N+](=O)[O-])c4)c3C=C1CCC1C2[C@@H](O)C[C@@]2(C)C1CC[C@]2(OC(=O)c1ccco1)C(=O)O. The average Bonchev–Trinajstić information content (AvgIpc) is 3.70. The molecule has 224 valence electrons. The first kappa shape index (κ1) is 27.6. The molecule has 1 aromatic carbocycles. The van der Waals surface area contributed by atoms with Crippen LogP contribution < -0.4 is 0 Å². The summed E-state index contributed by atoms with van der Waals surface area (Å²) in [5, 5.41) is 38.4. The zero-order valence-corrected chi connectivity index (χ0v) is 23.9. The van der Waals surface area contributed by atoms with E-state index in [1.807, 2.05) is 6.92 Å². The molecule has 11 nitrogen and oxygen atoms in total. The molecule has 3 unspecified atom stereocenters. The number of nitro groups is 1. The first-order valence-corrected chi connectivity index (χ1v) is 14.7. The molecule has 2 heterocycles. The summed E-state index contributed by atoms with van der Waals surface area (Å²) in [4.78, 5) is 36.8. The molecule has 0 bridgehead atoms. The van der Waals surface area contributed by atoms with Crippen molar-refractivity contribution >= 4 is 23.7 Å². The van der Waals surface area contributed by atoms with Gasteiger partial charge in [-0.1, -0.05) is 25.5 Å². The highest BCUT2D eigenvalue weighted by Gasteiger charge is 2.71. The van der Waals surface area contributed by atoms with E-state index in [0.717, 1.165) is 24.1 Å². The maximum Gasteiger partial charge on any atom is 0.375 e. The number of ether oxygens (including phenoxy) is 1. The molecule has 2 aromatic heterocycles. The lowest BCUT2D eigenvalue weighted by atomic mass is 9.45. The zero-order valence-electron chi connectivity index (χ0n) is 23.9. The average molecular weight is 588 g/mol. The highest BCUT2D eigenvalue weighted by atomic mass is 16.6. The Hall–Kier alpha value is -4.25. The number of furan rings is 1. The number of aliphatic hydroxyl groups excluding tert-OH is 1. The van der Waals surface area contributed by atoms with Gasteiger partial charge in [0.1, 0.15) is 0 Å². The molecule has 3 aromatic rings. The molecule has 11 heteroatoms. The van der Waals surface area contributed by atoms with Gasteiger partial charge in [0.2, 0.25) is 11.4 Å². The minimum atomic E-state index is -1.77. The van der Waals surface area contributed by atoms with E-state index in [1.165, 1.54) is 30.0 Å². The Morgan fingerprint density at radius 2 is 2.02 bits per heavy atom. The Labute approximate surface area is 247 Å². The number of rotatable bonds is 5. The maximum atomic E-state index is 13.0. The topological polar surface area (TPSA) is 158 Å². The molecule has 0 aliphatic heterocycles. The van der Waals surface area contributed by atoms with Crippen molar-refractivity contribution in [3.05, 3.63) is 81.6 Å². The van der Waals surface area contributed by atoms with Crippen molar-refractivity contribution in [3.63, 3.8) is 0 Å². The number of hydrogen-bond acceptors (Lipinski definition) is 8. The van der Waals surface area contributed by atoms with E-state index < -0.39 is 34.0 Å². The van der Waals surface area contributed by atoms with E-state index in [4.69, 9.17) is 9.15 Å². The smallest absolute Gasteiger partial charge is 0.375 e. The van der Waals surface area contributed by atoms with Gasteiger partial charge in [0.25, 0.3) is 5.69 Å². The third kappa shape index (κ3) is 3.80. The third-order valence-electron chi connectivity index (χ3n) is 11.2. The normalized spacial score (nSPS) is 34.3. The Morgan fingerprint density at radius 3 is 2.74 bits per heavy atom. The van der Waals surface area contributed by atoms with Crippen LogP contribution in [0.2, 0.25) is 0 Å². The van der Waals surface area contributed by atoms with Crippen molar-refractivity contribution in [1.29, 1.82) is 0 Å². The van der Waals surface area contributed by atoms with Crippen LogP contribution in [0.5, 0.6) is 0 Å². The fourth-order valence-corrected chi connectivity index (χ4v) is 9.28. The largest absolute Gasteiger partial charge is 0.478 e. The quantitative estimate of drug-likeness (QED) is 0.232. The van der Waals surface area contributed by atoms with Crippen LogP contribution in [0.1, 0.15) is 67.8 Å². The van der Waals surface area contributed by atoms with Crippen LogP contribution in [-0.4, -0.2) is 48.6 Å². The molecule has 4 aliphatic rings. The molecule has 3 saturated carbocycles. The molecule has 0 amide bonds. The predicted molar refractivity (Wildman–Crippen MR) is 152 cm³/mol. The van der Waals surface area contributed by atoms with Gasteiger partial charge in [-0.2, -0.15) is 5.10 Å². The number of carbonyl (C=O) groups is 2. The number of non-ortho nitro benzene ring substituents is 1. The summed E-state index contributed by atoms with van der Waals surface area (Å²) in [7, 11) is 0. The van der Waals surface area contributed by atoms with Gasteiger partial charge in [0.15, 0.2) is 0 Å². The number of aliphatic carboxylic acids is 1. The number of carbonyl (C=O) groups excluding carboxylic acids is 1. The van der Waals surface area contributed by atoms with Crippen LogP contribution in [0.15, 0.2) is 58.8 Å². The summed E-state index contributed by atoms with van der Waals surface area (Å²) in [6.45, 7) is 4.05. The summed E-state index contributed by atoms with van der Waals surface area (Å²) < 4.78 is 12.8. The second kappa shape index (κ2) is 9.37. The number of carboxylic acid groups (broad SMARTS) is 1. The first-order valence-electron chi connectivity index (χ1n) is 14.7. The minimum absolute atomic E-state index is 0.00669. The number of aromatic nitrogens is 2. The minimum Gasteiger partial charge on any atom is -0.478 e. The van der Waals surface area contributed by atoms with E-state index in [-0.39, 0.29) is 47.5 Å². The number of hydrogen-bond donors (Lipinski definition) is 2. The lowest BCUT2D eigenvalue weighted by Gasteiger charge is -2.60. The summed E-state index contributed by atoms with van der Waals surface area (Å²) in [5.74, 6) is -2.20. The summed E-state index contributed by atoms with van der Waals surface area (Å²) >= 11 is 0. The van der Waals surface area contributed by atoms with Gasteiger partial charge < -0.3 is 19.4 Å². The Morgan fingerprint density at radius 1 is 1.21 bits per heavy atom. The van der Waals surface area contributed by atoms with Gasteiger partial charge in [0, 0.05) is 17.5 Å². The lowest BCUT2D eigenvalue weighted by Crippen LogP contribution is -2.63. The Balaban J connectivity index is 1.22. The van der Waals surface area contributed by atoms with Crippen molar-refractivity contribution < 1.29 is 33.9 Å². The second-order valence-electron chi connectivity index (χ2n) is 13.1. The fourth-order valence-electron chi connectivity index (χ4n) is 9.28. The standard InChI is InChI=1S/C32H33N3O8/c1-30-15-18-17-33-34(20-5-3-6-21(14-20)35(40)41)24(18)13-19(30)8-9-22-23-10-11-32(29(38)39,31(23,2)16-25(36)27(22)30)43-28(37)26-7-4-12-42-26/h3-7,12-14,17,22-23,25,27,36H,8-11,15-16H2,1-2H3,(H,38,39)/t22?,23?,25-,27?,30-,31-,32-/m0/s1. The second-order valence-corrected chi connectivity index (χ2v) is 13.1. The van der Waals surface area contributed by atoms with Crippen molar-refractivity contribution in [1.82, 2.24) is 9.78 Å². The Kier molecular flexibility index (Phi) is 6.01. The molecule has 7 atom stereocenters. The van der Waals surface area contributed by atoms with E-state index in [2.05, 4.69) is 18.1 Å². The van der Waals surface area contributed by atoms with Crippen LogP contribution in [0.25, 0.3) is 11.8 Å². The van der Waals surface area contributed by atoms with E-state index in [1.54, 1.807) is 29.1 Å². The molecule has 3 fully saturated rings. The number of benzene rings is 1. The van der Waals surface area contributed by atoms with Crippen LogP contribution in [-0.2, 0) is 16.0 Å². The molecule has 0 radical (unpaired) electrons. The molecule has 43 heavy (non-hydrogen) atoms. The van der Waals surface area contributed by atoms with E-state index in [0.29, 0.717) is 18.5 Å². The maximum absolute atomic E-state index is 13.0. The highest BCUT2D eigenvalue weighted by Crippen LogP contribution is 2.68. The van der Waals surface area contributed by atoms with Crippen molar-refractivity contribution in [3.8, 4) is 5.69 Å². The molecule has 7 rings (SSSR count). The van der Waals surface area contributed by atoms with Gasteiger partial charge in [-0.25, -0.2) is 14.3 Å². The van der Waals surface area contributed by atoms with Gasteiger partial charge in [0.05, 0.1) is 34.9 Å². The molecular formula is C32H33N3O8. The van der Waals surface area contributed by atoms with Crippen molar-refractivity contribution in [2.24, 2.45) is 28.6 Å². The number of nitro benzene ring substituents is 1. The van der Waals surface area contributed by atoms with Gasteiger partial charge in [-0.15, -0.1) is 0 Å². The third-order valence-corrected chi connectivity index (χ3v) is 11.2. The molecule has 0 saturated heterocycles. The summed E-state index contributed by atoms with van der Waals surface area (Å²) in [6, 6.07) is 9.40. The Bertz CT molecular complexity index is 1680. The fraction of sp³-hybridized carbons (Fsp3) is 0.469. The van der Waals surface area contributed by atoms with Crippen molar-refractivity contribution in [2.75, 3.05) is 0 Å². The van der Waals surface area contributed by atoms with Crippen molar-refractivity contribution in [2.45, 2.75) is 64.1 Å². The molecule has 2 N–H and O–H groups in total. The number of carboxylic acids is 1. The lowest BCUT2D eigenvalue weighted by molar-refractivity contribution is -0.384. The summed E-state index contributed by atoms with van der Waals surface area (Å²) in [5.41, 5.74) is 0.561. The summed E-state index contributed by atoms with van der Waals surface area (Å²) in [6.07, 6.45) is 7.58. The monoisotopic (exact) mass is 587 g/mol. The number of nitrogens with zero attached hydrogens (tertiary/aromatic N) is 3. The van der Waals surface area contributed by atoms with Crippen LogP contribution in [0, 0.1) is 38.7 Å². The highest BCUT2D eigenvalue weighted by molar-refractivity contribution is 5.90. The predicted octanol–water partition coefficient (Wildman–Crippen LogP) is 5.21. The zero-order chi connectivity index (χ0) is 30.3. The van der Waals surface area contributed by atoms with Crippen LogP contribution in [0.3, 0.4) is 0 Å².